The van der Waals surface area contributed by atoms with Gasteiger partial charge < -0.3 is 10.1 Å². The number of nitrogens with one attached hydrogen (secondary N) is 1. The van der Waals surface area contributed by atoms with Gasteiger partial charge in [-0.3, -0.25) is 0 Å². The van der Waals surface area contributed by atoms with Gasteiger partial charge in [-0.15, -0.1) is 6.42 Å². The summed E-state index contributed by atoms with van der Waals surface area (Å²) in [6.07, 6.45) is 6.28. The Morgan fingerprint density at radius 1 is 1.60 bits per heavy atom. The van der Waals surface area contributed by atoms with Gasteiger partial charge in [0.2, 0.25) is 0 Å². The molecule has 0 saturated heterocycles. The number of rotatable bonds is 4. The highest BCUT2D eigenvalue weighted by Gasteiger charge is 2.04. The molecule has 0 saturated carbocycles. The Kier molecular flexibility index (Phi) is 4.51. The molecule has 1 aromatic rings. The molecule has 0 aliphatic heterocycles. The van der Waals surface area contributed by atoms with Crippen molar-refractivity contribution in [2.24, 2.45) is 0 Å². The molecule has 0 aromatic heterocycles. The first-order valence-corrected chi connectivity index (χ1v) is 5.56. The average molecular weight is 268 g/mol. The van der Waals surface area contributed by atoms with Crippen molar-refractivity contribution in [1.82, 2.24) is 0 Å². The van der Waals surface area contributed by atoms with Gasteiger partial charge in [-0.2, -0.15) is 0 Å². The van der Waals surface area contributed by atoms with Crippen LogP contribution in [0.2, 0.25) is 0 Å². The standard InChI is InChI=1S/C12H14BrNO/c1-4-9(5-2)14-10-6-7-11(13)12(8-10)15-3/h1,6-9,14H,5H2,2-3H3. The van der Waals surface area contributed by atoms with Gasteiger partial charge in [-0.1, -0.05) is 12.8 Å². The van der Waals surface area contributed by atoms with Crippen LogP contribution < -0.4 is 10.1 Å². The zero-order valence-corrected chi connectivity index (χ0v) is 10.5. The van der Waals surface area contributed by atoms with Crippen LogP contribution >= 0.6 is 15.9 Å². The van der Waals surface area contributed by atoms with Crippen LogP contribution in [-0.4, -0.2) is 13.2 Å². The Balaban J connectivity index is 2.83. The number of ether oxygens (including phenoxy) is 1. The molecule has 1 aromatic carbocycles. The topological polar surface area (TPSA) is 21.3 Å². The van der Waals surface area contributed by atoms with E-state index in [0.29, 0.717) is 0 Å². The van der Waals surface area contributed by atoms with E-state index < -0.39 is 0 Å². The second-order valence-corrected chi connectivity index (χ2v) is 3.98. The summed E-state index contributed by atoms with van der Waals surface area (Å²) in [4.78, 5) is 0. The molecule has 0 fully saturated rings. The summed E-state index contributed by atoms with van der Waals surface area (Å²) in [6.45, 7) is 2.05. The highest BCUT2D eigenvalue weighted by atomic mass is 79.9. The second-order valence-electron chi connectivity index (χ2n) is 3.12. The molecule has 1 N–H and O–H groups in total. The van der Waals surface area contributed by atoms with Crippen LogP contribution in [0.15, 0.2) is 22.7 Å². The van der Waals surface area contributed by atoms with Crippen molar-refractivity contribution in [3.63, 3.8) is 0 Å². The molecule has 3 heteroatoms. The average Bonchev–Trinajstić information content (AvgIpc) is 2.28. The van der Waals surface area contributed by atoms with E-state index in [0.717, 1.165) is 22.3 Å². The van der Waals surface area contributed by atoms with Crippen LogP contribution in [0.1, 0.15) is 13.3 Å². The van der Waals surface area contributed by atoms with Crippen molar-refractivity contribution >= 4 is 21.6 Å². The minimum absolute atomic E-state index is 0.0656. The summed E-state index contributed by atoms with van der Waals surface area (Å²) < 4.78 is 6.13. The summed E-state index contributed by atoms with van der Waals surface area (Å²) in [5.41, 5.74) is 0.972. The fourth-order valence-electron chi connectivity index (χ4n) is 1.21. The minimum atomic E-state index is 0.0656. The number of terminal acetylenes is 1. The lowest BCUT2D eigenvalue weighted by Gasteiger charge is -2.13. The van der Waals surface area contributed by atoms with Crippen LogP contribution in [-0.2, 0) is 0 Å². The lowest BCUT2D eigenvalue weighted by atomic mass is 10.2. The normalized spacial score (nSPS) is 11.6. The highest BCUT2D eigenvalue weighted by molar-refractivity contribution is 9.10. The first-order valence-electron chi connectivity index (χ1n) is 4.77. The number of halogens is 1. The number of anilines is 1. The Bertz CT molecular complexity index is 370. The van der Waals surface area contributed by atoms with Gasteiger partial charge in [0.05, 0.1) is 17.6 Å². The molecule has 0 amide bonds. The fourth-order valence-corrected chi connectivity index (χ4v) is 1.62. The highest BCUT2D eigenvalue weighted by Crippen LogP contribution is 2.28. The van der Waals surface area contributed by atoms with Crippen molar-refractivity contribution in [1.29, 1.82) is 0 Å². The van der Waals surface area contributed by atoms with E-state index in [1.807, 2.05) is 25.1 Å². The van der Waals surface area contributed by atoms with E-state index in [2.05, 4.69) is 27.2 Å². The Labute approximate surface area is 99.2 Å². The van der Waals surface area contributed by atoms with E-state index in [1.54, 1.807) is 7.11 Å². The molecule has 15 heavy (non-hydrogen) atoms. The van der Waals surface area contributed by atoms with Crippen LogP contribution in [0.25, 0.3) is 0 Å². The van der Waals surface area contributed by atoms with E-state index in [9.17, 15) is 0 Å². The molecule has 0 radical (unpaired) electrons. The van der Waals surface area contributed by atoms with Crippen LogP contribution in [0.3, 0.4) is 0 Å². The number of methoxy groups -OCH3 is 1. The van der Waals surface area contributed by atoms with Crippen molar-refractivity contribution in [2.45, 2.75) is 19.4 Å². The summed E-state index contributed by atoms with van der Waals surface area (Å²) in [6, 6.07) is 5.89. The van der Waals surface area contributed by atoms with Crippen molar-refractivity contribution in [3.05, 3.63) is 22.7 Å². The molecule has 0 aliphatic carbocycles. The number of hydrogen-bond donors (Lipinski definition) is 1. The molecule has 1 unspecified atom stereocenters. The molecule has 1 atom stereocenters. The molecule has 0 aliphatic rings. The van der Waals surface area contributed by atoms with Gasteiger partial charge in [0.1, 0.15) is 5.75 Å². The van der Waals surface area contributed by atoms with Gasteiger partial charge >= 0.3 is 0 Å². The maximum atomic E-state index is 5.38. The van der Waals surface area contributed by atoms with Crippen LogP contribution in [0, 0.1) is 12.3 Å². The third-order valence-electron chi connectivity index (χ3n) is 2.10. The molecule has 0 spiro atoms. The molecule has 0 heterocycles. The maximum absolute atomic E-state index is 5.38. The third-order valence-corrected chi connectivity index (χ3v) is 2.76. The number of hydrogen-bond acceptors (Lipinski definition) is 2. The van der Waals surface area contributed by atoms with E-state index in [4.69, 9.17) is 11.2 Å². The molecular weight excluding hydrogens is 254 g/mol. The monoisotopic (exact) mass is 267 g/mol. The minimum Gasteiger partial charge on any atom is -0.495 e. The summed E-state index contributed by atoms with van der Waals surface area (Å²) in [5.74, 6) is 3.49. The fraction of sp³-hybridized carbons (Fsp3) is 0.333. The summed E-state index contributed by atoms with van der Waals surface area (Å²) in [7, 11) is 1.64. The van der Waals surface area contributed by atoms with Crippen molar-refractivity contribution in [2.75, 3.05) is 12.4 Å². The summed E-state index contributed by atoms with van der Waals surface area (Å²) >= 11 is 3.40. The maximum Gasteiger partial charge on any atom is 0.135 e. The van der Waals surface area contributed by atoms with Gasteiger partial charge in [0.25, 0.3) is 0 Å². The smallest absolute Gasteiger partial charge is 0.135 e. The van der Waals surface area contributed by atoms with Gasteiger partial charge in [0.15, 0.2) is 0 Å². The molecule has 1 rings (SSSR count). The van der Waals surface area contributed by atoms with Crippen molar-refractivity contribution in [3.8, 4) is 18.1 Å². The lowest BCUT2D eigenvalue weighted by molar-refractivity contribution is 0.412. The zero-order valence-electron chi connectivity index (χ0n) is 8.88. The van der Waals surface area contributed by atoms with Crippen molar-refractivity contribution < 1.29 is 4.74 Å². The first kappa shape index (κ1) is 11.9. The largest absolute Gasteiger partial charge is 0.495 e. The molecular formula is C12H14BrNO. The predicted octanol–water partition coefficient (Wildman–Crippen LogP) is 3.28. The molecule has 2 nitrogen and oxygen atoms in total. The zero-order chi connectivity index (χ0) is 11.3. The Morgan fingerprint density at radius 3 is 2.87 bits per heavy atom. The molecule has 0 bridgehead atoms. The van der Waals surface area contributed by atoms with E-state index in [1.165, 1.54) is 0 Å². The lowest BCUT2D eigenvalue weighted by Crippen LogP contribution is -2.15. The number of benzene rings is 1. The van der Waals surface area contributed by atoms with Gasteiger partial charge in [0, 0.05) is 11.8 Å². The third kappa shape index (κ3) is 3.17. The summed E-state index contributed by atoms with van der Waals surface area (Å²) in [5, 5.41) is 3.24. The Hall–Kier alpha value is -1.14. The van der Waals surface area contributed by atoms with Gasteiger partial charge in [-0.25, -0.2) is 0 Å². The van der Waals surface area contributed by atoms with Crippen LogP contribution in [0.5, 0.6) is 5.75 Å². The SMILES string of the molecule is C#CC(CC)Nc1ccc(Br)c(OC)c1. The second kappa shape index (κ2) is 5.67. The van der Waals surface area contributed by atoms with E-state index in [-0.39, 0.29) is 6.04 Å². The molecule has 80 valence electrons. The Morgan fingerprint density at radius 2 is 2.33 bits per heavy atom. The van der Waals surface area contributed by atoms with Crippen LogP contribution in [0.4, 0.5) is 5.69 Å². The predicted molar refractivity (Wildman–Crippen MR) is 67.2 cm³/mol. The van der Waals surface area contributed by atoms with Gasteiger partial charge in [-0.05, 0) is 34.5 Å². The van der Waals surface area contributed by atoms with E-state index >= 15 is 0 Å². The quantitative estimate of drug-likeness (QED) is 0.846. The first-order chi connectivity index (χ1) is 7.21.